The highest BCUT2D eigenvalue weighted by Gasteiger charge is 2.09. The third-order valence-corrected chi connectivity index (χ3v) is 4.10. The molecule has 0 aliphatic heterocycles. The molecule has 0 aliphatic rings. The fourth-order valence-electron chi connectivity index (χ4n) is 1.93. The number of carbonyl (C=O) groups excluding carboxylic acids is 1. The number of rotatable bonds is 5. The molecule has 0 fully saturated rings. The lowest BCUT2D eigenvalue weighted by molar-refractivity contribution is 0.102. The Kier molecular flexibility index (Phi) is 5.57. The molecule has 0 aromatic heterocycles. The largest absolute Gasteiger partial charge is 0.497 e. The fraction of sp³-hybridized carbons (Fsp3) is 0.188. The lowest BCUT2D eigenvalue weighted by atomic mass is 10.2. The van der Waals surface area contributed by atoms with Gasteiger partial charge < -0.3 is 10.1 Å². The molecule has 0 saturated carbocycles. The first-order valence-electron chi connectivity index (χ1n) is 6.53. The minimum atomic E-state index is -0.999. The highest BCUT2D eigenvalue weighted by Crippen LogP contribution is 2.22. The molecule has 0 heterocycles. The smallest absolute Gasteiger partial charge is 0.255 e. The predicted molar refractivity (Wildman–Crippen MR) is 90.2 cm³/mol. The summed E-state index contributed by atoms with van der Waals surface area (Å²) in [5.41, 5.74) is 1.89. The average Bonchev–Trinajstić information content (AvgIpc) is 2.50. The summed E-state index contributed by atoms with van der Waals surface area (Å²) in [6.45, 7) is 0. The normalized spacial score (nSPS) is 11.8. The molecule has 1 amide bonds. The van der Waals surface area contributed by atoms with Crippen molar-refractivity contribution in [2.24, 2.45) is 0 Å². The van der Waals surface area contributed by atoms with Crippen LogP contribution in [0.3, 0.4) is 0 Å². The first-order chi connectivity index (χ1) is 10.5. The lowest BCUT2D eigenvalue weighted by Crippen LogP contribution is -2.12. The Morgan fingerprint density at radius 3 is 2.50 bits per heavy atom. The van der Waals surface area contributed by atoms with Crippen LogP contribution >= 0.6 is 11.6 Å². The minimum Gasteiger partial charge on any atom is -0.497 e. The lowest BCUT2D eigenvalue weighted by Gasteiger charge is -2.09. The standard InChI is InChI=1S/C16H16ClNO3S/c1-21-14-6-3-11(4-7-14)16(19)18-13-5-8-15(17)12(9-13)10-22(2)20/h3-9H,10H2,1-2H3,(H,18,19)/t22-/m1/s1. The van der Waals surface area contributed by atoms with Crippen LogP contribution in [0.25, 0.3) is 0 Å². The van der Waals surface area contributed by atoms with Gasteiger partial charge in [0, 0.05) is 39.1 Å². The number of anilines is 1. The van der Waals surface area contributed by atoms with Gasteiger partial charge in [-0.3, -0.25) is 9.00 Å². The SMILES string of the molecule is COc1ccc(C(=O)Nc2ccc(Cl)c(C[S@@](C)=O)c2)cc1. The van der Waals surface area contributed by atoms with Crippen LogP contribution in [-0.2, 0) is 16.6 Å². The molecule has 2 aromatic carbocycles. The van der Waals surface area contributed by atoms with Crippen LogP contribution in [0.5, 0.6) is 5.75 Å². The summed E-state index contributed by atoms with van der Waals surface area (Å²) in [6.07, 6.45) is 1.61. The fourth-order valence-corrected chi connectivity index (χ4v) is 2.87. The monoisotopic (exact) mass is 337 g/mol. The Morgan fingerprint density at radius 1 is 1.23 bits per heavy atom. The number of carbonyl (C=O) groups is 1. The Bertz CT molecular complexity index is 701. The predicted octanol–water partition coefficient (Wildman–Crippen LogP) is 3.48. The van der Waals surface area contributed by atoms with Crippen LogP contribution in [-0.4, -0.2) is 23.5 Å². The molecule has 0 saturated heterocycles. The first-order valence-corrected chi connectivity index (χ1v) is 8.64. The van der Waals surface area contributed by atoms with Crippen LogP contribution in [0.1, 0.15) is 15.9 Å². The van der Waals surface area contributed by atoms with Crippen molar-refractivity contribution in [1.82, 2.24) is 0 Å². The van der Waals surface area contributed by atoms with Crippen LogP contribution in [0.2, 0.25) is 5.02 Å². The summed E-state index contributed by atoms with van der Waals surface area (Å²) in [5.74, 6) is 0.815. The molecule has 1 N–H and O–H groups in total. The maximum Gasteiger partial charge on any atom is 0.255 e. The molecule has 0 bridgehead atoms. The molecule has 6 heteroatoms. The molecule has 2 rings (SSSR count). The van der Waals surface area contributed by atoms with Gasteiger partial charge in [0.15, 0.2) is 0 Å². The number of nitrogens with one attached hydrogen (secondary N) is 1. The van der Waals surface area contributed by atoms with Gasteiger partial charge in [-0.2, -0.15) is 0 Å². The first kappa shape index (κ1) is 16.5. The van der Waals surface area contributed by atoms with Crippen molar-refractivity contribution in [2.45, 2.75) is 5.75 Å². The van der Waals surface area contributed by atoms with Gasteiger partial charge >= 0.3 is 0 Å². The molecule has 4 nitrogen and oxygen atoms in total. The summed E-state index contributed by atoms with van der Waals surface area (Å²) >= 11 is 6.07. The van der Waals surface area contributed by atoms with E-state index in [0.717, 1.165) is 5.56 Å². The Balaban J connectivity index is 2.15. The number of methoxy groups -OCH3 is 1. The van der Waals surface area contributed by atoms with Gasteiger partial charge in [0.05, 0.1) is 7.11 Å². The summed E-state index contributed by atoms with van der Waals surface area (Å²) in [4.78, 5) is 12.2. The van der Waals surface area contributed by atoms with Crippen molar-refractivity contribution in [3.63, 3.8) is 0 Å². The van der Waals surface area contributed by atoms with E-state index >= 15 is 0 Å². The molecule has 0 unspecified atom stereocenters. The average molecular weight is 338 g/mol. The van der Waals surface area contributed by atoms with E-state index in [1.54, 1.807) is 55.8 Å². The number of hydrogen-bond donors (Lipinski definition) is 1. The molecular weight excluding hydrogens is 322 g/mol. The molecule has 0 aliphatic carbocycles. The van der Waals surface area contributed by atoms with Gasteiger partial charge in [-0.15, -0.1) is 0 Å². The van der Waals surface area contributed by atoms with Crippen molar-refractivity contribution in [2.75, 3.05) is 18.7 Å². The van der Waals surface area contributed by atoms with E-state index in [0.29, 0.717) is 27.8 Å². The number of hydrogen-bond acceptors (Lipinski definition) is 3. The van der Waals surface area contributed by atoms with Crippen LogP contribution in [0, 0.1) is 0 Å². The van der Waals surface area contributed by atoms with Gasteiger partial charge in [-0.1, -0.05) is 11.6 Å². The zero-order valence-corrected chi connectivity index (χ0v) is 13.8. The molecule has 0 radical (unpaired) electrons. The summed E-state index contributed by atoms with van der Waals surface area (Å²) in [5, 5.41) is 3.34. The second-order valence-electron chi connectivity index (χ2n) is 4.71. The van der Waals surface area contributed by atoms with Crippen LogP contribution < -0.4 is 10.1 Å². The topological polar surface area (TPSA) is 55.4 Å². The van der Waals surface area contributed by atoms with Crippen LogP contribution in [0.4, 0.5) is 5.69 Å². The zero-order chi connectivity index (χ0) is 16.1. The van der Waals surface area contributed by atoms with E-state index in [-0.39, 0.29) is 5.91 Å². The van der Waals surface area contributed by atoms with Gasteiger partial charge in [0.25, 0.3) is 5.91 Å². The Labute approximate surface area is 136 Å². The van der Waals surface area contributed by atoms with E-state index in [4.69, 9.17) is 16.3 Å². The van der Waals surface area contributed by atoms with Crippen molar-refractivity contribution in [3.05, 3.63) is 58.6 Å². The third kappa shape index (κ3) is 4.32. The van der Waals surface area contributed by atoms with E-state index in [1.807, 2.05) is 0 Å². The highest BCUT2D eigenvalue weighted by molar-refractivity contribution is 7.83. The van der Waals surface area contributed by atoms with E-state index in [2.05, 4.69) is 5.32 Å². The number of ether oxygens (including phenoxy) is 1. The second-order valence-corrected chi connectivity index (χ2v) is 6.55. The second kappa shape index (κ2) is 7.42. The van der Waals surface area contributed by atoms with Crippen LogP contribution in [0.15, 0.2) is 42.5 Å². The van der Waals surface area contributed by atoms with E-state index in [1.165, 1.54) is 0 Å². The summed E-state index contributed by atoms with van der Waals surface area (Å²) < 4.78 is 16.4. The molecule has 2 aromatic rings. The zero-order valence-electron chi connectivity index (χ0n) is 12.3. The Hall–Kier alpha value is -1.85. The van der Waals surface area contributed by atoms with Gasteiger partial charge in [-0.25, -0.2) is 0 Å². The molecule has 22 heavy (non-hydrogen) atoms. The van der Waals surface area contributed by atoms with E-state index in [9.17, 15) is 9.00 Å². The van der Waals surface area contributed by atoms with Crippen molar-refractivity contribution < 1.29 is 13.7 Å². The Morgan fingerprint density at radius 2 is 1.91 bits per heavy atom. The number of benzene rings is 2. The van der Waals surface area contributed by atoms with Crippen molar-refractivity contribution in [3.8, 4) is 5.75 Å². The van der Waals surface area contributed by atoms with Gasteiger partial charge in [0.2, 0.25) is 0 Å². The molecule has 116 valence electrons. The maximum atomic E-state index is 12.2. The summed E-state index contributed by atoms with van der Waals surface area (Å²) in [7, 11) is 0.573. The third-order valence-electron chi connectivity index (χ3n) is 3.01. The number of halogens is 1. The van der Waals surface area contributed by atoms with Gasteiger partial charge in [0.1, 0.15) is 5.75 Å². The maximum absolute atomic E-state index is 12.2. The molecule has 0 spiro atoms. The van der Waals surface area contributed by atoms with Crippen molar-refractivity contribution >= 4 is 34.0 Å². The molecule has 1 atom stereocenters. The van der Waals surface area contributed by atoms with Gasteiger partial charge in [-0.05, 0) is 48.0 Å². The molecular formula is C16H16ClNO3S. The number of amides is 1. The minimum absolute atomic E-state index is 0.228. The quantitative estimate of drug-likeness (QED) is 0.908. The van der Waals surface area contributed by atoms with E-state index < -0.39 is 10.8 Å². The van der Waals surface area contributed by atoms with Crippen molar-refractivity contribution in [1.29, 1.82) is 0 Å². The highest BCUT2D eigenvalue weighted by atomic mass is 35.5. The summed E-state index contributed by atoms with van der Waals surface area (Å²) in [6, 6.07) is 12.0.